The minimum Gasteiger partial charge on any atom is -0.493 e. The Bertz CT molecular complexity index is 861. The van der Waals surface area contributed by atoms with Crippen molar-refractivity contribution in [3.63, 3.8) is 0 Å². The SMILES string of the molecule is COc1cc(C=CC(=O)N2CCN(c3ccc(Cl)cc3)CC2)cc(Cl)c1OC. The van der Waals surface area contributed by atoms with E-state index in [2.05, 4.69) is 4.90 Å². The molecule has 1 amide bonds. The van der Waals surface area contributed by atoms with E-state index in [4.69, 9.17) is 32.7 Å². The predicted octanol–water partition coefficient (Wildman–Crippen LogP) is 4.37. The number of benzene rings is 2. The fourth-order valence-electron chi connectivity index (χ4n) is 3.14. The van der Waals surface area contributed by atoms with Gasteiger partial charge >= 0.3 is 0 Å². The van der Waals surface area contributed by atoms with Gasteiger partial charge in [-0.2, -0.15) is 0 Å². The molecule has 0 unspecified atom stereocenters. The normalized spacial score (nSPS) is 14.4. The minimum absolute atomic E-state index is 0.0262. The Morgan fingerprint density at radius 3 is 2.29 bits per heavy atom. The molecule has 0 saturated carbocycles. The van der Waals surface area contributed by atoms with Crippen LogP contribution in [-0.2, 0) is 4.79 Å². The maximum atomic E-state index is 12.5. The third-order valence-corrected chi connectivity index (χ3v) is 5.19. The number of methoxy groups -OCH3 is 2. The number of amides is 1. The van der Waals surface area contributed by atoms with Gasteiger partial charge < -0.3 is 19.3 Å². The van der Waals surface area contributed by atoms with Crippen molar-refractivity contribution in [2.75, 3.05) is 45.3 Å². The average Bonchev–Trinajstić information content (AvgIpc) is 2.72. The Morgan fingerprint density at radius 2 is 1.68 bits per heavy atom. The lowest BCUT2D eigenvalue weighted by atomic mass is 10.1. The summed E-state index contributed by atoms with van der Waals surface area (Å²) < 4.78 is 10.5. The maximum absolute atomic E-state index is 12.5. The molecule has 1 fully saturated rings. The van der Waals surface area contributed by atoms with Crippen LogP contribution in [0.2, 0.25) is 10.0 Å². The van der Waals surface area contributed by atoms with Gasteiger partial charge in [-0.1, -0.05) is 23.2 Å². The number of ether oxygens (including phenoxy) is 2. The number of piperazine rings is 1. The fraction of sp³-hybridized carbons (Fsp3) is 0.286. The smallest absolute Gasteiger partial charge is 0.246 e. The Balaban J connectivity index is 1.61. The molecule has 28 heavy (non-hydrogen) atoms. The summed E-state index contributed by atoms with van der Waals surface area (Å²) >= 11 is 12.2. The highest BCUT2D eigenvalue weighted by molar-refractivity contribution is 6.32. The van der Waals surface area contributed by atoms with Crippen LogP contribution in [0.3, 0.4) is 0 Å². The highest BCUT2D eigenvalue weighted by atomic mass is 35.5. The van der Waals surface area contributed by atoms with Gasteiger partial charge in [0.1, 0.15) is 0 Å². The first kappa shape index (κ1) is 20.4. The van der Waals surface area contributed by atoms with Gasteiger partial charge in [0.05, 0.1) is 19.2 Å². The van der Waals surface area contributed by atoms with Gasteiger partial charge in [-0.3, -0.25) is 4.79 Å². The van der Waals surface area contributed by atoms with Gasteiger partial charge in [0, 0.05) is 43.0 Å². The summed E-state index contributed by atoms with van der Waals surface area (Å²) in [6.07, 6.45) is 3.30. The molecule has 0 bridgehead atoms. The topological polar surface area (TPSA) is 42.0 Å². The zero-order chi connectivity index (χ0) is 20.1. The van der Waals surface area contributed by atoms with Crippen LogP contribution >= 0.6 is 23.2 Å². The van der Waals surface area contributed by atoms with Gasteiger partial charge in [-0.25, -0.2) is 0 Å². The van der Waals surface area contributed by atoms with Crippen molar-refractivity contribution in [2.24, 2.45) is 0 Å². The van der Waals surface area contributed by atoms with Crippen molar-refractivity contribution < 1.29 is 14.3 Å². The number of anilines is 1. The molecular formula is C21H22Cl2N2O3. The van der Waals surface area contributed by atoms with Gasteiger partial charge in [0.15, 0.2) is 11.5 Å². The number of rotatable bonds is 5. The summed E-state index contributed by atoms with van der Waals surface area (Å²) in [5, 5.41) is 1.16. The van der Waals surface area contributed by atoms with Crippen LogP contribution < -0.4 is 14.4 Å². The van der Waals surface area contributed by atoms with Gasteiger partial charge in [-0.05, 0) is 48.0 Å². The third-order valence-electron chi connectivity index (χ3n) is 4.66. The lowest BCUT2D eigenvalue weighted by Gasteiger charge is -2.35. The lowest BCUT2D eigenvalue weighted by molar-refractivity contribution is -0.126. The Morgan fingerprint density at radius 1 is 1.00 bits per heavy atom. The number of carbonyl (C=O) groups is 1. The van der Waals surface area contributed by atoms with Crippen molar-refractivity contribution in [2.45, 2.75) is 0 Å². The van der Waals surface area contributed by atoms with Crippen LogP contribution in [0.1, 0.15) is 5.56 Å². The van der Waals surface area contributed by atoms with Crippen molar-refractivity contribution >= 4 is 40.9 Å². The summed E-state index contributed by atoms with van der Waals surface area (Å²) in [4.78, 5) is 16.6. The lowest BCUT2D eigenvalue weighted by Crippen LogP contribution is -2.48. The molecule has 1 heterocycles. The van der Waals surface area contributed by atoms with Crippen LogP contribution in [0.25, 0.3) is 6.08 Å². The molecule has 0 aliphatic carbocycles. The zero-order valence-electron chi connectivity index (χ0n) is 15.8. The molecule has 1 aliphatic rings. The highest BCUT2D eigenvalue weighted by Crippen LogP contribution is 2.36. The van der Waals surface area contributed by atoms with E-state index in [1.54, 1.807) is 31.4 Å². The zero-order valence-corrected chi connectivity index (χ0v) is 17.3. The highest BCUT2D eigenvalue weighted by Gasteiger charge is 2.20. The standard InChI is InChI=1S/C21H22Cl2N2O3/c1-27-19-14-15(13-18(23)21(19)28-2)3-8-20(26)25-11-9-24(10-12-25)17-6-4-16(22)5-7-17/h3-8,13-14H,9-12H2,1-2H3. The van der Waals surface area contributed by atoms with Crippen molar-refractivity contribution in [3.05, 3.63) is 58.1 Å². The number of nitrogens with zero attached hydrogens (tertiary/aromatic N) is 2. The fourth-order valence-corrected chi connectivity index (χ4v) is 3.57. The second kappa shape index (κ2) is 9.22. The molecule has 0 aromatic heterocycles. The molecule has 7 heteroatoms. The molecule has 1 saturated heterocycles. The van der Waals surface area contributed by atoms with E-state index in [9.17, 15) is 4.79 Å². The number of carbonyl (C=O) groups excluding carboxylic acids is 1. The van der Waals surface area contributed by atoms with Crippen LogP contribution in [-0.4, -0.2) is 51.2 Å². The molecule has 0 radical (unpaired) electrons. The van der Waals surface area contributed by atoms with Crippen molar-refractivity contribution in [3.8, 4) is 11.5 Å². The maximum Gasteiger partial charge on any atom is 0.246 e. The Kier molecular flexibility index (Phi) is 6.70. The third kappa shape index (κ3) is 4.72. The minimum atomic E-state index is -0.0262. The summed E-state index contributed by atoms with van der Waals surface area (Å²) in [5.74, 6) is 0.978. The largest absolute Gasteiger partial charge is 0.493 e. The summed E-state index contributed by atoms with van der Waals surface area (Å²) in [6, 6.07) is 11.3. The first-order valence-corrected chi connectivity index (χ1v) is 9.66. The van der Waals surface area contributed by atoms with Crippen molar-refractivity contribution in [1.82, 2.24) is 4.90 Å². The molecule has 0 N–H and O–H groups in total. The van der Waals surface area contributed by atoms with Crippen molar-refractivity contribution in [1.29, 1.82) is 0 Å². The van der Waals surface area contributed by atoms with E-state index in [0.29, 0.717) is 29.6 Å². The molecule has 2 aromatic carbocycles. The van der Waals surface area contributed by atoms with E-state index < -0.39 is 0 Å². The molecular weight excluding hydrogens is 399 g/mol. The summed E-state index contributed by atoms with van der Waals surface area (Å²) in [6.45, 7) is 2.89. The van der Waals surface area contributed by atoms with Gasteiger partial charge in [0.2, 0.25) is 5.91 Å². The Labute approximate surface area is 175 Å². The molecule has 3 rings (SSSR count). The molecule has 0 spiro atoms. The Hall–Kier alpha value is -2.37. The average molecular weight is 421 g/mol. The second-order valence-corrected chi connectivity index (χ2v) is 7.20. The van der Waals surface area contributed by atoms with Crippen LogP contribution in [0.5, 0.6) is 11.5 Å². The van der Waals surface area contributed by atoms with Gasteiger partial charge in [0.25, 0.3) is 0 Å². The number of halogens is 2. The summed E-state index contributed by atoms with van der Waals surface area (Å²) in [5.41, 5.74) is 1.89. The molecule has 5 nitrogen and oxygen atoms in total. The number of hydrogen-bond donors (Lipinski definition) is 0. The van der Waals surface area contributed by atoms with E-state index in [-0.39, 0.29) is 5.91 Å². The number of hydrogen-bond acceptors (Lipinski definition) is 4. The second-order valence-electron chi connectivity index (χ2n) is 6.36. The van der Waals surface area contributed by atoms with Crippen LogP contribution in [0, 0.1) is 0 Å². The van der Waals surface area contributed by atoms with E-state index in [0.717, 1.165) is 29.4 Å². The molecule has 0 atom stereocenters. The van der Waals surface area contributed by atoms with E-state index in [1.807, 2.05) is 29.2 Å². The predicted molar refractivity (Wildman–Crippen MR) is 114 cm³/mol. The molecule has 2 aromatic rings. The van der Waals surface area contributed by atoms with E-state index in [1.165, 1.54) is 7.11 Å². The quantitative estimate of drug-likeness (QED) is 0.673. The van der Waals surface area contributed by atoms with E-state index >= 15 is 0 Å². The van der Waals surface area contributed by atoms with Gasteiger partial charge in [-0.15, -0.1) is 0 Å². The van der Waals surface area contributed by atoms with Crippen LogP contribution in [0.4, 0.5) is 5.69 Å². The van der Waals surface area contributed by atoms with Crippen LogP contribution in [0.15, 0.2) is 42.5 Å². The summed E-state index contributed by atoms with van der Waals surface area (Å²) in [7, 11) is 3.08. The molecule has 1 aliphatic heterocycles. The first-order chi connectivity index (χ1) is 13.5. The monoisotopic (exact) mass is 420 g/mol. The molecule has 148 valence electrons. The first-order valence-electron chi connectivity index (χ1n) is 8.91.